The Balaban J connectivity index is 1.47. The van der Waals surface area contributed by atoms with Gasteiger partial charge in [0.2, 0.25) is 0 Å². The summed E-state index contributed by atoms with van der Waals surface area (Å²) < 4.78 is 50.8. The largest absolute Gasteiger partial charge is 0.412 e. The molecule has 0 atom stereocenters. The van der Waals surface area contributed by atoms with Crippen LogP contribution in [0.25, 0.3) is 0 Å². The quantitative estimate of drug-likeness (QED) is 0.467. The summed E-state index contributed by atoms with van der Waals surface area (Å²) in [5.74, 6) is 0.349. The summed E-state index contributed by atoms with van der Waals surface area (Å²) >= 11 is 0. The minimum atomic E-state index is -4.55. The summed E-state index contributed by atoms with van der Waals surface area (Å²) in [6, 6.07) is 8.99. The third-order valence-electron chi connectivity index (χ3n) is 6.76. The molecule has 0 aromatic heterocycles. The molecule has 0 heterocycles. The maximum absolute atomic E-state index is 13.8. The van der Waals surface area contributed by atoms with Crippen LogP contribution in [0, 0.1) is 17.8 Å². The second-order valence-electron chi connectivity index (χ2n) is 8.39. The number of aryl methyl sites for hydroxylation is 1. The highest BCUT2D eigenvalue weighted by molar-refractivity contribution is 5.25. The fourth-order valence-electron chi connectivity index (χ4n) is 5.09. The molecule has 0 radical (unpaired) electrons. The van der Waals surface area contributed by atoms with Crippen molar-refractivity contribution in [1.82, 2.24) is 0 Å². The van der Waals surface area contributed by atoms with Gasteiger partial charge in [0.1, 0.15) is 5.83 Å². The first-order valence-corrected chi connectivity index (χ1v) is 10.4. The van der Waals surface area contributed by atoms with Crippen molar-refractivity contribution >= 4 is 0 Å². The van der Waals surface area contributed by atoms with E-state index in [-0.39, 0.29) is 6.08 Å². The molecule has 1 aromatic carbocycles. The lowest BCUT2D eigenvalue weighted by molar-refractivity contribution is -0.0821. The second kappa shape index (κ2) is 8.79. The number of hydrogen-bond acceptors (Lipinski definition) is 0. The van der Waals surface area contributed by atoms with Crippen LogP contribution in [-0.4, -0.2) is 6.18 Å². The van der Waals surface area contributed by atoms with E-state index < -0.39 is 17.9 Å². The summed E-state index contributed by atoms with van der Waals surface area (Å²) in [6.07, 6.45) is 3.98. The zero-order chi connectivity index (χ0) is 19.4. The summed E-state index contributed by atoms with van der Waals surface area (Å²) in [5, 5.41) is 0. The summed E-state index contributed by atoms with van der Waals surface area (Å²) in [6.45, 7) is 2.17. The van der Waals surface area contributed by atoms with Gasteiger partial charge in [-0.25, -0.2) is 4.39 Å². The minimum absolute atomic E-state index is 0.146. The number of allylic oxidation sites excluding steroid dienone is 2. The average molecular weight is 382 g/mol. The van der Waals surface area contributed by atoms with Gasteiger partial charge < -0.3 is 0 Å². The lowest BCUT2D eigenvalue weighted by Crippen LogP contribution is -2.25. The van der Waals surface area contributed by atoms with E-state index in [1.165, 1.54) is 36.8 Å². The van der Waals surface area contributed by atoms with Crippen LogP contribution in [-0.2, 0) is 6.42 Å². The predicted octanol–water partition coefficient (Wildman–Crippen LogP) is 7.74. The Bertz CT molecular complexity index is 613. The third kappa shape index (κ3) is 5.58. The smallest absolute Gasteiger partial charge is 0.212 e. The van der Waals surface area contributed by atoms with E-state index in [9.17, 15) is 17.6 Å². The lowest BCUT2D eigenvalue weighted by atomic mass is 9.68. The SMILES string of the molecule is CCc1ccc(C2CCC(C3CCC(C(F)=CC(F)(F)F)CC3)CC2)cc1. The van der Waals surface area contributed by atoms with E-state index in [0.29, 0.717) is 30.6 Å². The van der Waals surface area contributed by atoms with Gasteiger partial charge in [0, 0.05) is 5.92 Å². The van der Waals surface area contributed by atoms with Crippen molar-refractivity contribution in [1.29, 1.82) is 0 Å². The van der Waals surface area contributed by atoms with Crippen molar-refractivity contribution in [2.75, 3.05) is 0 Å². The van der Waals surface area contributed by atoms with E-state index in [4.69, 9.17) is 0 Å². The van der Waals surface area contributed by atoms with Crippen molar-refractivity contribution in [2.45, 2.75) is 76.8 Å². The molecule has 0 nitrogen and oxygen atoms in total. The van der Waals surface area contributed by atoms with E-state index in [0.717, 1.165) is 19.3 Å². The molecule has 2 saturated carbocycles. The van der Waals surface area contributed by atoms with E-state index in [2.05, 4.69) is 31.2 Å². The molecular weight excluding hydrogens is 352 g/mol. The lowest BCUT2D eigenvalue weighted by Gasteiger charge is -2.37. The first kappa shape index (κ1) is 20.4. The van der Waals surface area contributed by atoms with Gasteiger partial charge in [0.25, 0.3) is 0 Å². The van der Waals surface area contributed by atoms with Gasteiger partial charge in [-0.05, 0) is 86.7 Å². The average Bonchev–Trinajstić information content (AvgIpc) is 2.67. The molecule has 3 rings (SSSR count). The van der Waals surface area contributed by atoms with Crippen LogP contribution in [0.2, 0.25) is 0 Å². The highest BCUT2D eigenvalue weighted by Crippen LogP contribution is 2.45. The number of hydrogen-bond donors (Lipinski definition) is 0. The zero-order valence-corrected chi connectivity index (χ0v) is 16.1. The highest BCUT2D eigenvalue weighted by Gasteiger charge is 2.34. The molecule has 0 bridgehead atoms. The first-order valence-electron chi connectivity index (χ1n) is 10.4. The van der Waals surface area contributed by atoms with Gasteiger partial charge >= 0.3 is 6.18 Å². The Morgan fingerprint density at radius 2 is 1.41 bits per heavy atom. The first-order chi connectivity index (χ1) is 12.9. The molecule has 0 unspecified atom stereocenters. The molecule has 27 heavy (non-hydrogen) atoms. The molecule has 1 aromatic rings. The normalized spacial score (nSPS) is 30.3. The molecule has 2 fully saturated rings. The van der Waals surface area contributed by atoms with Crippen molar-refractivity contribution in [3.8, 4) is 0 Å². The predicted molar refractivity (Wildman–Crippen MR) is 101 cm³/mol. The van der Waals surface area contributed by atoms with Crippen molar-refractivity contribution in [3.05, 3.63) is 47.3 Å². The Hall–Kier alpha value is -1.32. The van der Waals surface area contributed by atoms with Crippen LogP contribution >= 0.6 is 0 Å². The molecule has 2 aliphatic rings. The van der Waals surface area contributed by atoms with Crippen LogP contribution in [0.1, 0.15) is 75.3 Å². The Kier molecular flexibility index (Phi) is 6.65. The van der Waals surface area contributed by atoms with Crippen molar-refractivity contribution in [3.63, 3.8) is 0 Å². The van der Waals surface area contributed by atoms with Gasteiger partial charge in [-0.1, -0.05) is 31.2 Å². The Morgan fingerprint density at radius 3 is 1.89 bits per heavy atom. The van der Waals surface area contributed by atoms with Crippen LogP contribution < -0.4 is 0 Å². The molecule has 0 spiro atoms. The molecule has 4 heteroatoms. The molecule has 0 amide bonds. The Labute approximate surface area is 160 Å². The molecule has 0 N–H and O–H groups in total. The molecule has 2 aliphatic carbocycles. The third-order valence-corrected chi connectivity index (χ3v) is 6.76. The monoisotopic (exact) mass is 382 g/mol. The van der Waals surface area contributed by atoms with E-state index >= 15 is 0 Å². The van der Waals surface area contributed by atoms with Gasteiger partial charge in [0.15, 0.2) is 0 Å². The van der Waals surface area contributed by atoms with E-state index in [1.54, 1.807) is 0 Å². The van der Waals surface area contributed by atoms with Crippen LogP contribution in [0.5, 0.6) is 0 Å². The zero-order valence-electron chi connectivity index (χ0n) is 16.1. The van der Waals surface area contributed by atoms with Gasteiger partial charge in [-0.2, -0.15) is 13.2 Å². The topological polar surface area (TPSA) is 0 Å². The van der Waals surface area contributed by atoms with Crippen LogP contribution in [0.15, 0.2) is 36.2 Å². The molecular formula is C23H30F4. The molecule has 150 valence electrons. The summed E-state index contributed by atoms with van der Waals surface area (Å²) in [7, 11) is 0. The summed E-state index contributed by atoms with van der Waals surface area (Å²) in [5.41, 5.74) is 2.81. The second-order valence-corrected chi connectivity index (χ2v) is 8.39. The van der Waals surface area contributed by atoms with E-state index in [1.807, 2.05) is 0 Å². The molecule has 0 aliphatic heterocycles. The maximum atomic E-state index is 13.8. The molecule has 0 saturated heterocycles. The van der Waals surface area contributed by atoms with Crippen molar-refractivity contribution < 1.29 is 17.6 Å². The number of benzene rings is 1. The van der Waals surface area contributed by atoms with Crippen LogP contribution in [0.3, 0.4) is 0 Å². The van der Waals surface area contributed by atoms with Gasteiger partial charge in [0.05, 0.1) is 6.08 Å². The fourth-order valence-corrected chi connectivity index (χ4v) is 5.09. The number of rotatable bonds is 4. The Morgan fingerprint density at radius 1 is 0.889 bits per heavy atom. The van der Waals surface area contributed by atoms with Crippen LogP contribution in [0.4, 0.5) is 17.6 Å². The fraction of sp³-hybridized carbons (Fsp3) is 0.652. The summed E-state index contributed by atoms with van der Waals surface area (Å²) in [4.78, 5) is 0. The minimum Gasteiger partial charge on any atom is -0.212 e. The number of alkyl halides is 3. The standard InChI is InChI=1S/C23H30F4/c1-2-16-3-5-17(6-4-16)18-7-9-19(10-8-18)20-11-13-21(14-12-20)22(24)15-23(25,26)27/h3-6,15,18-21H,2,7-14H2,1H3. The van der Waals surface area contributed by atoms with Crippen molar-refractivity contribution in [2.24, 2.45) is 17.8 Å². The maximum Gasteiger partial charge on any atom is 0.412 e. The van der Waals surface area contributed by atoms with Gasteiger partial charge in [-0.15, -0.1) is 0 Å². The highest BCUT2D eigenvalue weighted by atomic mass is 19.4. The number of halogens is 4. The van der Waals surface area contributed by atoms with Gasteiger partial charge in [-0.3, -0.25) is 0 Å².